The molecular formula is C20H22O3. The molecular weight excluding hydrogens is 288 g/mol. The highest BCUT2D eigenvalue weighted by Gasteiger charge is 2.41. The molecule has 2 aromatic carbocycles. The van der Waals surface area contributed by atoms with Gasteiger partial charge in [0.15, 0.2) is 0 Å². The molecule has 0 heterocycles. The Kier molecular flexibility index (Phi) is 4.77. The van der Waals surface area contributed by atoms with E-state index in [1.165, 1.54) is 6.92 Å². The molecule has 0 saturated heterocycles. The molecule has 0 aromatic heterocycles. The first-order valence-electron chi connectivity index (χ1n) is 8.12. The van der Waals surface area contributed by atoms with Gasteiger partial charge >= 0.3 is 5.97 Å². The predicted molar refractivity (Wildman–Crippen MR) is 89.2 cm³/mol. The number of hydrogen-bond donors (Lipinski definition) is 1. The molecule has 1 aliphatic rings. The number of aliphatic hydroxyl groups is 1. The molecule has 0 unspecified atom stereocenters. The molecule has 0 radical (unpaired) electrons. The Labute approximate surface area is 136 Å². The van der Waals surface area contributed by atoms with Crippen LogP contribution in [0.15, 0.2) is 60.7 Å². The third kappa shape index (κ3) is 3.45. The first kappa shape index (κ1) is 15.8. The van der Waals surface area contributed by atoms with E-state index in [2.05, 4.69) is 0 Å². The van der Waals surface area contributed by atoms with Gasteiger partial charge in [0.1, 0.15) is 6.10 Å². The van der Waals surface area contributed by atoms with Gasteiger partial charge < -0.3 is 9.84 Å². The number of ether oxygens (including phenoxy) is 1. The molecule has 2 aromatic rings. The van der Waals surface area contributed by atoms with Crippen LogP contribution < -0.4 is 0 Å². The van der Waals surface area contributed by atoms with Crippen molar-refractivity contribution < 1.29 is 14.6 Å². The van der Waals surface area contributed by atoms with Crippen LogP contribution in [0.5, 0.6) is 0 Å². The van der Waals surface area contributed by atoms with Gasteiger partial charge in [-0.1, -0.05) is 60.7 Å². The Balaban J connectivity index is 1.89. The van der Waals surface area contributed by atoms with Crippen molar-refractivity contribution in [2.24, 2.45) is 0 Å². The molecule has 120 valence electrons. The maximum atomic E-state index is 11.5. The second-order valence-electron chi connectivity index (χ2n) is 6.18. The van der Waals surface area contributed by atoms with Crippen LogP contribution in [-0.4, -0.2) is 23.3 Å². The molecule has 0 amide bonds. The quantitative estimate of drug-likeness (QED) is 0.880. The van der Waals surface area contributed by atoms with Crippen molar-refractivity contribution >= 4 is 5.97 Å². The van der Waals surface area contributed by atoms with Crippen molar-refractivity contribution in [1.82, 2.24) is 0 Å². The average molecular weight is 310 g/mol. The van der Waals surface area contributed by atoms with Gasteiger partial charge in [-0.2, -0.15) is 0 Å². The summed E-state index contributed by atoms with van der Waals surface area (Å²) in [7, 11) is 0. The minimum Gasteiger partial charge on any atom is -0.459 e. The van der Waals surface area contributed by atoms with Gasteiger partial charge in [0.05, 0.1) is 6.10 Å². The van der Waals surface area contributed by atoms with E-state index in [0.29, 0.717) is 0 Å². The van der Waals surface area contributed by atoms with Gasteiger partial charge in [0, 0.05) is 18.8 Å². The van der Waals surface area contributed by atoms with Crippen LogP contribution >= 0.6 is 0 Å². The van der Waals surface area contributed by atoms with E-state index < -0.39 is 12.2 Å². The van der Waals surface area contributed by atoms with E-state index in [9.17, 15) is 9.90 Å². The Hall–Kier alpha value is -2.13. The number of benzene rings is 2. The summed E-state index contributed by atoms with van der Waals surface area (Å²) in [6.45, 7) is 1.40. The molecule has 3 heteroatoms. The first-order chi connectivity index (χ1) is 11.2. The van der Waals surface area contributed by atoms with E-state index in [4.69, 9.17) is 4.74 Å². The SMILES string of the molecule is CC(=O)O[C@H]1[C@@H](O)[C@@H](c2ccccc2)CC[C@H]1c1ccccc1. The third-order valence-electron chi connectivity index (χ3n) is 4.69. The van der Waals surface area contributed by atoms with Crippen LogP contribution in [0.4, 0.5) is 0 Å². The summed E-state index contributed by atoms with van der Waals surface area (Å²) in [4.78, 5) is 11.5. The maximum Gasteiger partial charge on any atom is 0.303 e. The molecule has 0 spiro atoms. The lowest BCUT2D eigenvalue weighted by atomic mass is 9.72. The lowest BCUT2D eigenvalue weighted by molar-refractivity contribution is -0.158. The van der Waals surface area contributed by atoms with Gasteiger partial charge in [-0.25, -0.2) is 0 Å². The van der Waals surface area contributed by atoms with Crippen LogP contribution in [0.1, 0.15) is 42.7 Å². The molecule has 1 saturated carbocycles. The van der Waals surface area contributed by atoms with E-state index in [0.717, 1.165) is 24.0 Å². The Morgan fingerprint density at radius 2 is 1.39 bits per heavy atom. The molecule has 4 atom stereocenters. The molecule has 1 fully saturated rings. The molecule has 23 heavy (non-hydrogen) atoms. The monoisotopic (exact) mass is 310 g/mol. The number of esters is 1. The summed E-state index contributed by atoms with van der Waals surface area (Å²) >= 11 is 0. The number of rotatable bonds is 3. The predicted octanol–water partition coefficient (Wildman–Crippen LogP) is 3.64. The topological polar surface area (TPSA) is 46.5 Å². The summed E-state index contributed by atoms with van der Waals surface area (Å²) in [6.07, 6.45) is 0.565. The van der Waals surface area contributed by atoms with Crippen LogP contribution in [0.3, 0.4) is 0 Å². The molecule has 0 aliphatic heterocycles. The number of carbonyl (C=O) groups is 1. The Morgan fingerprint density at radius 3 is 1.91 bits per heavy atom. The standard InChI is InChI=1S/C20H22O3/c1-14(21)23-20-18(16-10-6-3-7-11-16)13-12-17(19(20)22)15-8-4-2-5-9-15/h2-11,17-20,22H,12-13H2,1H3/t17-,18+,19+,20-/m1/s1. The van der Waals surface area contributed by atoms with E-state index in [-0.39, 0.29) is 17.8 Å². The van der Waals surface area contributed by atoms with Crippen molar-refractivity contribution in [3.8, 4) is 0 Å². The van der Waals surface area contributed by atoms with Crippen LogP contribution in [-0.2, 0) is 9.53 Å². The summed E-state index contributed by atoms with van der Waals surface area (Å²) < 4.78 is 5.53. The van der Waals surface area contributed by atoms with Gasteiger partial charge in [-0.3, -0.25) is 4.79 Å². The van der Waals surface area contributed by atoms with E-state index >= 15 is 0 Å². The largest absolute Gasteiger partial charge is 0.459 e. The fourth-order valence-electron chi connectivity index (χ4n) is 3.63. The molecule has 3 rings (SSSR count). The zero-order chi connectivity index (χ0) is 16.2. The van der Waals surface area contributed by atoms with Gasteiger partial charge in [-0.15, -0.1) is 0 Å². The second-order valence-corrected chi connectivity index (χ2v) is 6.18. The van der Waals surface area contributed by atoms with Gasteiger partial charge in [0.2, 0.25) is 0 Å². The number of aliphatic hydroxyl groups excluding tert-OH is 1. The fraction of sp³-hybridized carbons (Fsp3) is 0.350. The summed E-state index contributed by atoms with van der Waals surface area (Å²) in [5.74, 6) is -0.306. The third-order valence-corrected chi connectivity index (χ3v) is 4.69. The van der Waals surface area contributed by atoms with Crippen LogP contribution in [0.2, 0.25) is 0 Å². The summed E-state index contributed by atoms with van der Waals surface area (Å²) in [5, 5.41) is 10.9. The molecule has 1 aliphatic carbocycles. The Morgan fingerprint density at radius 1 is 0.913 bits per heavy atom. The highest BCUT2D eigenvalue weighted by molar-refractivity contribution is 5.66. The van der Waals surface area contributed by atoms with Crippen molar-refractivity contribution in [1.29, 1.82) is 0 Å². The minimum absolute atomic E-state index is 0.000474. The molecule has 1 N–H and O–H groups in total. The first-order valence-corrected chi connectivity index (χ1v) is 8.12. The normalized spacial score (nSPS) is 27.4. The van der Waals surface area contributed by atoms with Crippen LogP contribution in [0.25, 0.3) is 0 Å². The number of carbonyl (C=O) groups excluding carboxylic acids is 1. The average Bonchev–Trinajstić information content (AvgIpc) is 2.58. The van der Waals surface area contributed by atoms with Gasteiger partial charge in [-0.05, 0) is 24.0 Å². The fourth-order valence-corrected chi connectivity index (χ4v) is 3.63. The maximum absolute atomic E-state index is 11.5. The van der Waals surface area contributed by atoms with Crippen molar-refractivity contribution in [2.45, 2.75) is 43.8 Å². The van der Waals surface area contributed by atoms with Crippen molar-refractivity contribution in [2.75, 3.05) is 0 Å². The summed E-state index contributed by atoms with van der Waals surface area (Å²) in [5.41, 5.74) is 2.22. The lowest BCUT2D eigenvalue weighted by Gasteiger charge is -2.40. The van der Waals surface area contributed by atoms with Gasteiger partial charge in [0.25, 0.3) is 0 Å². The lowest BCUT2D eigenvalue weighted by Crippen LogP contribution is -2.43. The second kappa shape index (κ2) is 6.97. The smallest absolute Gasteiger partial charge is 0.303 e. The minimum atomic E-state index is -0.694. The van der Waals surface area contributed by atoms with E-state index in [1.807, 2.05) is 60.7 Å². The molecule has 0 bridgehead atoms. The zero-order valence-corrected chi connectivity index (χ0v) is 13.3. The summed E-state index contributed by atoms with van der Waals surface area (Å²) in [6, 6.07) is 20.0. The van der Waals surface area contributed by atoms with E-state index in [1.54, 1.807) is 0 Å². The zero-order valence-electron chi connectivity index (χ0n) is 13.3. The van der Waals surface area contributed by atoms with Crippen molar-refractivity contribution in [3.05, 3.63) is 71.8 Å². The van der Waals surface area contributed by atoms with Crippen molar-refractivity contribution in [3.63, 3.8) is 0 Å². The highest BCUT2D eigenvalue weighted by Crippen LogP contribution is 2.42. The Bertz CT molecular complexity index is 638. The highest BCUT2D eigenvalue weighted by atomic mass is 16.6. The molecule has 3 nitrogen and oxygen atoms in total. The van der Waals surface area contributed by atoms with Crippen LogP contribution in [0, 0.1) is 0 Å². The number of hydrogen-bond acceptors (Lipinski definition) is 3.